The highest BCUT2D eigenvalue weighted by Gasteiger charge is 2.25. The van der Waals surface area contributed by atoms with Crippen LogP contribution in [-0.2, 0) is 0 Å². The van der Waals surface area contributed by atoms with E-state index in [2.05, 4.69) is 346 Å². The van der Waals surface area contributed by atoms with Gasteiger partial charge in [-0.2, -0.15) is 0 Å². The van der Waals surface area contributed by atoms with E-state index in [1.54, 1.807) is 0 Å². The minimum absolute atomic E-state index is 1.10. The summed E-state index contributed by atoms with van der Waals surface area (Å²) in [5, 5.41) is 14.4. The molecule has 0 aliphatic rings. The molecule has 0 amide bonds. The molecule has 0 unspecified atom stereocenters. The van der Waals surface area contributed by atoms with Gasteiger partial charge in [0.2, 0.25) is 0 Å². The van der Waals surface area contributed by atoms with Crippen LogP contribution in [0.2, 0.25) is 0 Å². The maximum Gasteiger partial charge on any atom is 0.0547 e. The van der Waals surface area contributed by atoms with Crippen LogP contribution in [0.15, 0.2) is 328 Å². The van der Waals surface area contributed by atoms with E-state index >= 15 is 0 Å². The first-order valence-corrected chi connectivity index (χ1v) is 30.3. The van der Waals surface area contributed by atoms with E-state index in [1.807, 2.05) is 0 Å². The zero-order valence-corrected chi connectivity index (χ0v) is 48.0. The molecule has 0 fully saturated rings. The normalized spacial score (nSPS) is 11.9. The summed E-state index contributed by atoms with van der Waals surface area (Å²) in [5.74, 6) is 0. The monoisotopic (exact) mass is 1120 g/mol. The van der Waals surface area contributed by atoms with Gasteiger partial charge in [0.15, 0.2) is 0 Å². The summed E-state index contributed by atoms with van der Waals surface area (Å²) in [4.78, 5) is 2.55. The molecule has 3 heterocycles. The molecule has 0 spiro atoms. The average Bonchev–Trinajstić information content (AvgIpc) is 2.50. The van der Waals surface area contributed by atoms with Crippen molar-refractivity contribution in [2.24, 2.45) is 0 Å². The summed E-state index contributed by atoms with van der Waals surface area (Å²) in [7, 11) is 0. The molecule has 88 heavy (non-hydrogen) atoms. The molecule has 4 nitrogen and oxygen atoms in total. The molecule has 4 heteroatoms. The van der Waals surface area contributed by atoms with Gasteiger partial charge >= 0.3 is 0 Å². The van der Waals surface area contributed by atoms with Crippen molar-refractivity contribution in [2.75, 3.05) is 4.90 Å². The van der Waals surface area contributed by atoms with Crippen LogP contribution in [0.1, 0.15) is 0 Å². The second-order valence-corrected chi connectivity index (χ2v) is 23.1. The van der Waals surface area contributed by atoms with Crippen LogP contribution in [0.5, 0.6) is 0 Å². The highest BCUT2D eigenvalue weighted by Crippen LogP contribution is 2.50. The number of aromatic nitrogens is 3. The molecular formula is C84H54N4. The smallest absolute Gasteiger partial charge is 0.0547 e. The number of fused-ring (bicyclic) bond motifs is 12. The molecule has 0 N–H and O–H groups in total. The Balaban J connectivity index is 0.852. The second kappa shape index (κ2) is 20.0. The Labute approximate surface area is 508 Å². The Hall–Kier alpha value is -11.7. The van der Waals surface area contributed by atoms with Gasteiger partial charge in [-0.05, 0) is 153 Å². The van der Waals surface area contributed by atoms with E-state index in [4.69, 9.17) is 0 Å². The van der Waals surface area contributed by atoms with Gasteiger partial charge in [-0.15, -0.1) is 0 Å². The average molecular weight is 1120 g/mol. The lowest BCUT2D eigenvalue weighted by molar-refractivity contribution is 1.18. The number of anilines is 3. The number of hydrogen-bond donors (Lipinski definition) is 0. The Morgan fingerprint density at radius 2 is 0.443 bits per heavy atom. The molecular weight excluding hydrogens is 1060 g/mol. The Bertz CT molecular complexity index is 5570. The van der Waals surface area contributed by atoms with E-state index in [-0.39, 0.29) is 0 Å². The molecule has 15 aromatic carbocycles. The molecule has 0 aliphatic carbocycles. The van der Waals surface area contributed by atoms with E-state index in [9.17, 15) is 0 Å². The van der Waals surface area contributed by atoms with Gasteiger partial charge in [-0.25, -0.2) is 0 Å². The van der Waals surface area contributed by atoms with Crippen molar-refractivity contribution in [2.45, 2.75) is 0 Å². The number of benzene rings is 15. The van der Waals surface area contributed by atoms with Gasteiger partial charge in [-0.1, -0.05) is 224 Å². The topological polar surface area (TPSA) is 18.0 Å². The summed E-state index contributed by atoms with van der Waals surface area (Å²) in [6.07, 6.45) is 0. The van der Waals surface area contributed by atoms with Gasteiger partial charge in [0.25, 0.3) is 0 Å². The van der Waals surface area contributed by atoms with Crippen molar-refractivity contribution in [3.63, 3.8) is 0 Å². The molecule has 0 bridgehead atoms. The summed E-state index contributed by atoms with van der Waals surface area (Å²) in [6.45, 7) is 0. The fourth-order valence-corrected chi connectivity index (χ4v) is 14.6. The summed E-state index contributed by atoms with van der Waals surface area (Å²) in [5.41, 5.74) is 20.9. The minimum atomic E-state index is 1.10. The summed E-state index contributed by atoms with van der Waals surface area (Å²) >= 11 is 0. The molecule has 18 rings (SSSR count). The lowest BCUT2D eigenvalue weighted by Gasteiger charge is -2.30. The quantitative estimate of drug-likeness (QED) is 0.141. The summed E-state index contributed by atoms with van der Waals surface area (Å²) < 4.78 is 7.20. The molecule has 0 radical (unpaired) electrons. The SMILES string of the molecule is c1ccc(-n2c3ccccc3c3cc(-c4ccc(N(c5ccc(-c6ccc7c(c6)c6ccccc6n7-c6ccccc6)c6ccccc56)c5ccc(-c6ccc7c8ccccc8n(-c8ccccc8)c7c6)c6ccccc56)c5ccccc45)ccc32)cc1. The largest absolute Gasteiger partial charge is 0.309 e. The molecule has 3 aromatic heterocycles. The van der Waals surface area contributed by atoms with Crippen LogP contribution in [-0.4, -0.2) is 13.7 Å². The van der Waals surface area contributed by atoms with Gasteiger partial charge in [0.05, 0.1) is 50.2 Å². The number of rotatable bonds is 9. The minimum Gasteiger partial charge on any atom is -0.309 e. The Morgan fingerprint density at radius 1 is 0.170 bits per heavy atom. The van der Waals surface area contributed by atoms with Gasteiger partial charge in [0.1, 0.15) is 0 Å². The molecule has 0 saturated carbocycles. The first-order valence-electron chi connectivity index (χ1n) is 30.3. The third-order valence-electron chi connectivity index (χ3n) is 18.4. The van der Waals surface area contributed by atoms with Crippen LogP contribution in [0.25, 0.3) is 148 Å². The van der Waals surface area contributed by atoms with E-state index in [1.165, 1.54) is 115 Å². The van der Waals surface area contributed by atoms with E-state index < -0.39 is 0 Å². The number of para-hydroxylation sites is 6. The van der Waals surface area contributed by atoms with Crippen LogP contribution >= 0.6 is 0 Å². The van der Waals surface area contributed by atoms with Crippen LogP contribution in [0.4, 0.5) is 17.1 Å². The predicted molar refractivity (Wildman–Crippen MR) is 373 cm³/mol. The number of nitrogens with zero attached hydrogens (tertiary/aromatic N) is 4. The van der Waals surface area contributed by atoms with Crippen molar-refractivity contribution in [3.05, 3.63) is 328 Å². The van der Waals surface area contributed by atoms with Crippen molar-refractivity contribution >= 4 is 115 Å². The maximum absolute atomic E-state index is 2.55. The van der Waals surface area contributed by atoms with Gasteiger partial charge in [-0.3, -0.25) is 0 Å². The van der Waals surface area contributed by atoms with Crippen LogP contribution < -0.4 is 4.90 Å². The lowest BCUT2D eigenvalue weighted by Crippen LogP contribution is -2.12. The zero-order valence-electron chi connectivity index (χ0n) is 48.0. The molecule has 0 atom stereocenters. The second-order valence-electron chi connectivity index (χ2n) is 23.1. The Kier molecular flexibility index (Phi) is 11.3. The fourth-order valence-electron chi connectivity index (χ4n) is 14.6. The van der Waals surface area contributed by atoms with Crippen molar-refractivity contribution < 1.29 is 0 Å². The summed E-state index contributed by atoms with van der Waals surface area (Å²) in [6, 6.07) is 121. The predicted octanol–water partition coefficient (Wildman–Crippen LogP) is 22.9. The van der Waals surface area contributed by atoms with Crippen molar-refractivity contribution in [1.29, 1.82) is 0 Å². The molecule has 410 valence electrons. The number of hydrogen-bond acceptors (Lipinski definition) is 1. The third-order valence-corrected chi connectivity index (χ3v) is 18.4. The lowest BCUT2D eigenvalue weighted by atomic mass is 9.92. The fraction of sp³-hybridized carbons (Fsp3) is 0. The highest BCUT2D eigenvalue weighted by molar-refractivity contribution is 6.18. The van der Waals surface area contributed by atoms with Crippen molar-refractivity contribution in [1.82, 2.24) is 13.7 Å². The van der Waals surface area contributed by atoms with Gasteiger partial charge in [0, 0.05) is 65.5 Å². The standard InChI is InChI=1S/C84H54N4/c1-4-22-58(23-5-1)85-77-38-20-17-35-71(77)74-52-55(41-47-82(74)85)61-44-49-79(67-31-13-10-28-64(61)67)88(80-50-45-62(65-29-11-14-32-68(65)80)56-42-48-83-75(53-56)72-36-18-21-39-78(72)86(83)59-24-6-2-7-25-59)81-51-46-63(66-30-12-15-33-69(66)81)57-40-43-73-70-34-16-19-37-76(70)87(84(73)54-57)60-26-8-3-9-27-60/h1-54H. The van der Waals surface area contributed by atoms with Crippen molar-refractivity contribution in [3.8, 4) is 50.4 Å². The van der Waals surface area contributed by atoms with Crippen LogP contribution in [0.3, 0.4) is 0 Å². The molecule has 18 aromatic rings. The first-order chi connectivity index (χ1) is 43.7. The third kappa shape index (κ3) is 7.65. The molecule has 0 saturated heterocycles. The Morgan fingerprint density at radius 3 is 0.830 bits per heavy atom. The first kappa shape index (κ1) is 49.7. The van der Waals surface area contributed by atoms with E-state index in [0.29, 0.717) is 0 Å². The van der Waals surface area contributed by atoms with Crippen LogP contribution in [0, 0.1) is 0 Å². The zero-order chi connectivity index (χ0) is 57.8. The van der Waals surface area contributed by atoms with E-state index in [0.717, 1.165) is 50.3 Å². The maximum atomic E-state index is 2.55. The highest BCUT2D eigenvalue weighted by atomic mass is 15.1. The van der Waals surface area contributed by atoms with Gasteiger partial charge < -0.3 is 18.6 Å². The molecule has 0 aliphatic heterocycles.